The quantitative estimate of drug-likeness (QED) is 0.709. The van der Waals surface area contributed by atoms with Gasteiger partial charge in [0.1, 0.15) is 13.2 Å². The normalized spacial score (nSPS) is 13.2. The third-order valence-electron chi connectivity index (χ3n) is 3.21. The predicted molar refractivity (Wildman–Crippen MR) is 81.4 cm³/mol. The molecule has 5 nitrogen and oxygen atoms in total. The SMILES string of the molecule is CCCOCCCNCc1cc(OC)c2c(c1)OCCO2. The topological polar surface area (TPSA) is 49.0 Å². The molecule has 0 fully saturated rings. The minimum Gasteiger partial charge on any atom is -0.493 e. The van der Waals surface area contributed by atoms with Crippen molar-refractivity contribution in [2.24, 2.45) is 0 Å². The molecule has 0 aromatic heterocycles. The zero-order valence-electron chi connectivity index (χ0n) is 12.9. The summed E-state index contributed by atoms with van der Waals surface area (Å²) in [6.45, 7) is 6.64. The highest BCUT2D eigenvalue weighted by molar-refractivity contribution is 5.54. The molecule has 1 N–H and O–H groups in total. The van der Waals surface area contributed by atoms with E-state index in [1.54, 1.807) is 7.11 Å². The summed E-state index contributed by atoms with van der Waals surface area (Å²) >= 11 is 0. The fourth-order valence-corrected chi connectivity index (χ4v) is 2.21. The van der Waals surface area contributed by atoms with Gasteiger partial charge in [-0.3, -0.25) is 0 Å². The maximum absolute atomic E-state index is 5.63. The van der Waals surface area contributed by atoms with Gasteiger partial charge in [0.05, 0.1) is 7.11 Å². The number of ether oxygens (including phenoxy) is 4. The molecule has 1 aromatic carbocycles. The highest BCUT2D eigenvalue weighted by atomic mass is 16.6. The fraction of sp³-hybridized carbons (Fsp3) is 0.625. The number of fused-ring (bicyclic) bond motifs is 1. The van der Waals surface area contributed by atoms with Crippen molar-refractivity contribution in [2.75, 3.05) is 40.1 Å². The van der Waals surface area contributed by atoms with Gasteiger partial charge in [-0.2, -0.15) is 0 Å². The zero-order valence-corrected chi connectivity index (χ0v) is 12.9. The van der Waals surface area contributed by atoms with Crippen LogP contribution in [0, 0.1) is 0 Å². The molecular formula is C16H25NO4. The van der Waals surface area contributed by atoms with Crippen molar-refractivity contribution in [3.8, 4) is 17.2 Å². The molecule has 118 valence electrons. The Morgan fingerprint density at radius 1 is 1.19 bits per heavy atom. The first-order chi connectivity index (χ1) is 10.3. The lowest BCUT2D eigenvalue weighted by Gasteiger charge is -2.21. The van der Waals surface area contributed by atoms with Gasteiger partial charge in [0.25, 0.3) is 0 Å². The molecule has 0 spiro atoms. The van der Waals surface area contributed by atoms with Crippen LogP contribution in [-0.4, -0.2) is 40.1 Å². The van der Waals surface area contributed by atoms with Gasteiger partial charge in [0.2, 0.25) is 5.75 Å². The van der Waals surface area contributed by atoms with Crippen LogP contribution in [0.3, 0.4) is 0 Å². The van der Waals surface area contributed by atoms with Crippen molar-refractivity contribution in [3.05, 3.63) is 17.7 Å². The predicted octanol–water partition coefficient (Wildman–Crippen LogP) is 2.37. The molecule has 1 heterocycles. The second-order valence-electron chi connectivity index (χ2n) is 4.96. The average Bonchev–Trinajstić information content (AvgIpc) is 2.53. The summed E-state index contributed by atoms with van der Waals surface area (Å²) in [6.07, 6.45) is 2.09. The van der Waals surface area contributed by atoms with Crippen LogP contribution < -0.4 is 19.5 Å². The molecule has 0 aliphatic carbocycles. The van der Waals surface area contributed by atoms with Gasteiger partial charge < -0.3 is 24.3 Å². The minimum atomic E-state index is 0.568. The smallest absolute Gasteiger partial charge is 0.203 e. The minimum absolute atomic E-state index is 0.568. The number of hydrogen-bond acceptors (Lipinski definition) is 5. The summed E-state index contributed by atoms with van der Waals surface area (Å²) in [7, 11) is 1.65. The average molecular weight is 295 g/mol. The van der Waals surface area contributed by atoms with Gasteiger partial charge in [-0.25, -0.2) is 0 Å². The third kappa shape index (κ3) is 4.79. The molecule has 0 unspecified atom stereocenters. The van der Waals surface area contributed by atoms with E-state index in [9.17, 15) is 0 Å². The molecule has 0 radical (unpaired) electrons. The molecule has 0 atom stereocenters. The second-order valence-corrected chi connectivity index (χ2v) is 4.96. The van der Waals surface area contributed by atoms with Crippen LogP contribution in [0.1, 0.15) is 25.3 Å². The number of methoxy groups -OCH3 is 1. The largest absolute Gasteiger partial charge is 0.493 e. The van der Waals surface area contributed by atoms with E-state index in [-0.39, 0.29) is 0 Å². The van der Waals surface area contributed by atoms with Crippen molar-refractivity contribution >= 4 is 0 Å². The summed E-state index contributed by atoms with van der Waals surface area (Å²) in [5.74, 6) is 2.21. The first kappa shape index (κ1) is 15.9. The Kier molecular flexibility index (Phi) is 6.63. The Balaban J connectivity index is 1.80. The fourth-order valence-electron chi connectivity index (χ4n) is 2.21. The molecule has 2 rings (SSSR count). The lowest BCUT2D eigenvalue weighted by Crippen LogP contribution is -2.18. The molecule has 1 aliphatic heterocycles. The lowest BCUT2D eigenvalue weighted by molar-refractivity contribution is 0.132. The molecule has 0 amide bonds. The van der Waals surface area contributed by atoms with Crippen LogP contribution in [-0.2, 0) is 11.3 Å². The lowest BCUT2D eigenvalue weighted by atomic mass is 10.1. The van der Waals surface area contributed by atoms with E-state index >= 15 is 0 Å². The first-order valence-electron chi connectivity index (χ1n) is 7.60. The van der Waals surface area contributed by atoms with Gasteiger partial charge in [-0.15, -0.1) is 0 Å². The van der Waals surface area contributed by atoms with E-state index in [1.807, 2.05) is 12.1 Å². The Morgan fingerprint density at radius 3 is 2.86 bits per heavy atom. The Labute approximate surface area is 126 Å². The highest BCUT2D eigenvalue weighted by Crippen LogP contribution is 2.40. The number of hydrogen-bond donors (Lipinski definition) is 1. The van der Waals surface area contributed by atoms with Gasteiger partial charge in [-0.1, -0.05) is 6.92 Å². The number of nitrogens with one attached hydrogen (secondary N) is 1. The van der Waals surface area contributed by atoms with Crippen LogP contribution in [0.15, 0.2) is 12.1 Å². The third-order valence-corrected chi connectivity index (χ3v) is 3.21. The van der Waals surface area contributed by atoms with Gasteiger partial charge >= 0.3 is 0 Å². The zero-order chi connectivity index (χ0) is 14.9. The van der Waals surface area contributed by atoms with Crippen molar-refractivity contribution in [1.29, 1.82) is 0 Å². The standard InChI is InChI=1S/C16H25NO4/c1-3-6-19-7-4-5-17-12-13-10-14(18-2)16-15(11-13)20-8-9-21-16/h10-11,17H,3-9,12H2,1-2H3. The van der Waals surface area contributed by atoms with Crippen molar-refractivity contribution < 1.29 is 18.9 Å². The van der Waals surface area contributed by atoms with Crippen molar-refractivity contribution in [2.45, 2.75) is 26.3 Å². The molecule has 0 saturated carbocycles. The second kappa shape index (κ2) is 8.74. The van der Waals surface area contributed by atoms with Crippen LogP contribution in [0.5, 0.6) is 17.2 Å². The van der Waals surface area contributed by atoms with Crippen LogP contribution >= 0.6 is 0 Å². The van der Waals surface area contributed by atoms with Gasteiger partial charge in [0.15, 0.2) is 11.5 Å². The molecule has 5 heteroatoms. The van der Waals surface area contributed by atoms with Crippen molar-refractivity contribution in [1.82, 2.24) is 5.32 Å². The Morgan fingerprint density at radius 2 is 2.05 bits per heavy atom. The van der Waals surface area contributed by atoms with Crippen LogP contribution in [0.25, 0.3) is 0 Å². The summed E-state index contributed by atoms with van der Waals surface area (Å²) < 4.78 is 22.0. The summed E-state index contributed by atoms with van der Waals surface area (Å²) in [6, 6.07) is 4.01. The summed E-state index contributed by atoms with van der Waals surface area (Å²) in [5.41, 5.74) is 1.13. The first-order valence-corrected chi connectivity index (χ1v) is 7.60. The highest BCUT2D eigenvalue weighted by Gasteiger charge is 2.18. The maximum atomic E-state index is 5.63. The van der Waals surface area contributed by atoms with Gasteiger partial charge in [0, 0.05) is 19.8 Å². The molecule has 1 aliphatic rings. The molecule has 21 heavy (non-hydrogen) atoms. The van der Waals surface area contributed by atoms with Gasteiger partial charge in [-0.05, 0) is 37.1 Å². The molecule has 1 aromatic rings. The molecular weight excluding hydrogens is 270 g/mol. The molecule has 0 bridgehead atoms. The number of benzene rings is 1. The van der Waals surface area contributed by atoms with Crippen molar-refractivity contribution in [3.63, 3.8) is 0 Å². The summed E-state index contributed by atoms with van der Waals surface area (Å²) in [4.78, 5) is 0. The Bertz CT molecular complexity index is 419. The maximum Gasteiger partial charge on any atom is 0.203 e. The van der Waals surface area contributed by atoms with Crippen LogP contribution in [0.2, 0.25) is 0 Å². The van der Waals surface area contributed by atoms with E-state index in [2.05, 4.69) is 12.2 Å². The Hall–Kier alpha value is -1.46. The van der Waals surface area contributed by atoms with E-state index in [4.69, 9.17) is 18.9 Å². The number of rotatable bonds is 9. The van der Waals surface area contributed by atoms with E-state index in [0.717, 1.165) is 56.2 Å². The molecule has 0 saturated heterocycles. The summed E-state index contributed by atoms with van der Waals surface area (Å²) in [5, 5.41) is 3.40. The van der Waals surface area contributed by atoms with E-state index in [1.165, 1.54) is 0 Å². The van der Waals surface area contributed by atoms with Crippen LogP contribution in [0.4, 0.5) is 0 Å². The van der Waals surface area contributed by atoms with E-state index in [0.29, 0.717) is 19.0 Å². The monoisotopic (exact) mass is 295 g/mol. The van der Waals surface area contributed by atoms with E-state index < -0.39 is 0 Å².